The summed E-state index contributed by atoms with van der Waals surface area (Å²) in [4.78, 5) is 13.4. The number of likely N-dealkylation sites (tertiary alicyclic amines) is 1. The highest BCUT2D eigenvalue weighted by molar-refractivity contribution is 5.76. The van der Waals surface area contributed by atoms with Crippen molar-refractivity contribution >= 4 is 5.91 Å². The first kappa shape index (κ1) is 16.4. The molecule has 1 amide bonds. The van der Waals surface area contributed by atoms with Gasteiger partial charge in [0.1, 0.15) is 0 Å². The van der Waals surface area contributed by atoms with Gasteiger partial charge in [-0.1, -0.05) is 27.7 Å². The van der Waals surface area contributed by atoms with E-state index < -0.39 is 0 Å². The van der Waals surface area contributed by atoms with Gasteiger partial charge >= 0.3 is 0 Å². The summed E-state index contributed by atoms with van der Waals surface area (Å²) in [7, 11) is 0. The minimum absolute atomic E-state index is 0. The van der Waals surface area contributed by atoms with Crippen LogP contribution in [0.5, 0.6) is 0 Å². The van der Waals surface area contributed by atoms with Crippen molar-refractivity contribution in [3.8, 4) is 0 Å². The lowest BCUT2D eigenvalue weighted by atomic mass is 9.94. The maximum absolute atomic E-state index is 10.9. The third-order valence-corrected chi connectivity index (χ3v) is 3.21. The molecule has 0 radical (unpaired) electrons. The molecular weight excluding hydrogens is 214 g/mol. The molecule has 2 fully saturated rings. The molecule has 0 spiro atoms. The molecule has 2 aliphatic rings. The summed E-state index contributed by atoms with van der Waals surface area (Å²) >= 11 is 0. The smallest absolute Gasteiger partial charge is 0.220 e. The summed E-state index contributed by atoms with van der Waals surface area (Å²) in [5, 5.41) is 3.26. The van der Waals surface area contributed by atoms with Gasteiger partial charge in [-0.2, -0.15) is 0 Å². The molecule has 104 valence electrons. The summed E-state index contributed by atoms with van der Waals surface area (Å²) in [6, 6.07) is 0.717. The van der Waals surface area contributed by atoms with Crippen LogP contribution in [0.15, 0.2) is 0 Å². The maximum Gasteiger partial charge on any atom is 0.220 e. The van der Waals surface area contributed by atoms with E-state index in [9.17, 15) is 4.79 Å². The Morgan fingerprint density at radius 1 is 1.18 bits per heavy atom. The Kier molecular flexibility index (Phi) is 9.09. The average molecular weight is 245 g/mol. The third kappa shape index (κ3) is 5.04. The topological polar surface area (TPSA) is 58.4 Å². The van der Waals surface area contributed by atoms with Crippen LogP contribution in [0.1, 0.15) is 42.0 Å². The van der Waals surface area contributed by atoms with Gasteiger partial charge in [0.15, 0.2) is 0 Å². The van der Waals surface area contributed by atoms with Crippen LogP contribution in [0.4, 0.5) is 0 Å². The molecule has 2 rings (SSSR count). The first-order valence-electron chi connectivity index (χ1n) is 7.01. The van der Waals surface area contributed by atoms with Gasteiger partial charge in [0.2, 0.25) is 5.91 Å². The van der Waals surface area contributed by atoms with E-state index in [1.165, 1.54) is 0 Å². The van der Waals surface area contributed by atoms with Gasteiger partial charge in [0.05, 0.1) is 0 Å². The molecule has 0 saturated carbocycles. The summed E-state index contributed by atoms with van der Waals surface area (Å²) in [6.07, 6.45) is 1.90. The Balaban J connectivity index is 0. The summed E-state index contributed by atoms with van der Waals surface area (Å²) in [5.74, 6) is 0.00988. The van der Waals surface area contributed by atoms with Crippen molar-refractivity contribution < 1.29 is 6.22 Å². The fourth-order valence-corrected chi connectivity index (χ4v) is 2.08. The van der Waals surface area contributed by atoms with Gasteiger partial charge in [0, 0.05) is 26.5 Å². The van der Waals surface area contributed by atoms with Gasteiger partial charge < -0.3 is 11.1 Å². The second-order valence-electron chi connectivity index (χ2n) is 4.02. The number of piperidine rings is 1. The zero-order chi connectivity index (χ0) is 13.3. The fraction of sp³-hybridized carbons (Fsp3) is 0.923. The first-order chi connectivity index (χ1) is 8.27. The van der Waals surface area contributed by atoms with E-state index in [2.05, 4.69) is 10.2 Å². The van der Waals surface area contributed by atoms with Gasteiger partial charge in [-0.05, 0) is 25.9 Å². The Bertz CT molecular complexity index is 202. The first-order valence-corrected chi connectivity index (χ1v) is 7.01. The number of nitrogens with one attached hydrogen (secondary N) is 1. The van der Waals surface area contributed by atoms with E-state index in [0.717, 1.165) is 39.0 Å². The number of rotatable bonds is 2. The molecule has 0 unspecified atom stereocenters. The SMILES string of the molecule is CC.CC.NC(=O)C1CCN(C2CNC2)CC1.[HH]. The highest BCUT2D eigenvalue weighted by Gasteiger charge is 2.29. The van der Waals surface area contributed by atoms with E-state index in [-0.39, 0.29) is 13.3 Å². The van der Waals surface area contributed by atoms with Gasteiger partial charge in [-0.3, -0.25) is 9.69 Å². The maximum atomic E-state index is 10.9. The van der Waals surface area contributed by atoms with Gasteiger partial charge in [-0.15, -0.1) is 0 Å². The molecule has 0 aromatic rings. The molecule has 0 aromatic heterocycles. The van der Waals surface area contributed by atoms with E-state index >= 15 is 0 Å². The summed E-state index contributed by atoms with van der Waals surface area (Å²) < 4.78 is 0. The number of carbonyl (C=O) groups is 1. The average Bonchev–Trinajstić information content (AvgIpc) is 2.33. The minimum atomic E-state index is -0.119. The zero-order valence-electron chi connectivity index (χ0n) is 11.8. The Morgan fingerprint density at radius 2 is 1.65 bits per heavy atom. The Labute approximate surface area is 107 Å². The van der Waals surface area contributed by atoms with E-state index in [1.54, 1.807) is 0 Å². The largest absolute Gasteiger partial charge is 0.369 e. The van der Waals surface area contributed by atoms with Crippen molar-refractivity contribution in [2.45, 2.75) is 46.6 Å². The fourth-order valence-electron chi connectivity index (χ4n) is 2.08. The molecule has 0 bridgehead atoms. The van der Waals surface area contributed by atoms with Gasteiger partial charge in [-0.25, -0.2) is 0 Å². The van der Waals surface area contributed by atoms with Crippen LogP contribution in [0, 0.1) is 5.92 Å². The number of carbonyl (C=O) groups excluding carboxylic acids is 1. The number of nitrogens with two attached hydrogens (primary N) is 1. The Morgan fingerprint density at radius 3 is 1.94 bits per heavy atom. The lowest BCUT2D eigenvalue weighted by molar-refractivity contribution is -0.123. The molecule has 0 aromatic carbocycles. The lowest BCUT2D eigenvalue weighted by Gasteiger charge is -2.41. The normalized spacial score (nSPS) is 21.4. The van der Waals surface area contributed by atoms with E-state index in [1.807, 2.05) is 27.7 Å². The molecule has 0 atom stereocenters. The third-order valence-electron chi connectivity index (χ3n) is 3.21. The molecule has 17 heavy (non-hydrogen) atoms. The van der Waals surface area contributed by atoms with Crippen LogP contribution < -0.4 is 11.1 Å². The van der Waals surface area contributed by atoms with Crippen LogP contribution in [-0.4, -0.2) is 43.0 Å². The van der Waals surface area contributed by atoms with Crippen LogP contribution >= 0.6 is 0 Å². The zero-order valence-corrected chi connectivity index (χ0v) is 11.8. The molecule has 4 nitrogen and oxygen atoms in total. The quantitative estimate of drug-likeness (QED) is 0.774. The molecule has 2 heterocycles. The molecule has 2 saturated heterocycles. The van der Waals surface area contributed by atoms with Crippen molar-refractivity contribution in [2.75, 3.05) is 26.2 Å². The summed E-state index contributed by atoms with van der Waals surface area (Å²) in [6.45, 7) is 12.3. The standard InChI is InChI=1S/C9H17N3O.2C2H6.H2/c10-9(13)7-1-3-12(4-2-7)8-5-11-6-8;2*1-2;/h7-8,11H,1-6H2,(H2,10,13);2*1-2H3;1H. The van der Waals surface area contributed by atoms with Crippen molar-refractivity contribution in [3.05, 3.63) is 0 Å². The molecular formula is C13H31N3O. The second kappa shape index (κ2) is 9.42. The van der Waals surface area contributed by atoms with Crippen molar-refractivity contribution in [1.29, 1.82) is 0 Å². The van der Waals surface area contributed by atoms with E-state index in [4.69, 9.17) is 5.73 Å². The second-order valence-corrected chi connectivity index (χ2v) is 4.02. The molecule has 4 heteroatoms. The highest BCUT2D eigenvalue weighted by atomic mass is 16.1. The highest BCUT2D eigenvalue weighted by Crippen LogP contribution is 2.19. The number of amides is 1. The number of primary amides is 1. The molecule has 3 N–H and O–H groups in total. The number of hydrogen-bond donors (Lipinski definition) is 2. The number of nitrogens with zero attached hydrogens (tertiary/aromatic N) is 1. The van der Waals surface area contributed by atoms with Crippen LogP contribution in [0.3, 0.4) is 0 Å². The monoisotopic (exact) mass is 245 g/mol. The molecule has 2 aliphatic heterocycles. The van der Waals surface area contributed by atoms with Crippen LogP contribution in [0.25, 0.3) is 0 Å². The summed E-state index contributed by atoms with van der Waals surface area (Å²) in [5.41, 5.74) is 5.27. The van der Waals surface area contributed by atoms with Crippen LogP contribution in [-0.2, 0) is 4.79 Å². The Hall–Kier alpha value is -0.610. The van der Waals surface area contributed by atoms with Crippen LogP contribution in [0.2, 0.25) is 0 Å². The predicted octanol–water partition coefficient (Wildman–Crippen LogP) is 1.45. The number of hydrogen-bond acceptors (Lipinski definition) is 3. The minimum Gasteiger partial charge on any atom is -0.369 e. The van der Waals surface area contributed by atoms with Gasteiger partial charge in [0.25, 0.3) is 0 Å². The van der Waals surface area contributed by atoms with Crippen molar-refractivity contribution in [3.63, 3.8) is 0 Å². The lowest BCUT2D eigenvalue weighted by Crippen LogP contribution is -2.59. The molecule has 0 aliphatic carbocycles. The van der Waals surface area contributed by atoms with Crippen molar-refractivity contribution in [2.24, 2.45) is 11.7 Å². The van der Waals surface area contributed by atoms with Crippen molar-refractivity contribution in [1.82, 2.24) is 10.2 Å². The van der Waals surface area contributed by atoms with E-state index in [0.29, 0.717) is 6.04 Å². The predicted molar refractivity (Wildman–Crippen MR) is 75.0 cm³/mol.